The van der Waals surface area contributed by atoms with Crippen LogP contribution in [0.2, 0.25) is 0 Å². The molecule has 4 heteroatoms. The van der Waals surface area contributed by atoms with Crippen molar-refractivity contribution >= 4 is 5.97 Å². The largest absolute Gasteiger partial charge is 0.497 e. The van der Waals surface area contributed by atoms with Crippen LogP contribution in [0.3, 0.4) is 0 Å². The number of cyclic esters (lactones) is 1. The molecule has 0 N–H and O–H groups in total. The summed E-state index contributed by atoms with van der Waals surface area (Å²) in [5.74, 6) is -1.30. The molecule has 0 atom stereocenters. The third-order valence-electron chi connectivity index (χ3n) is 0.858. The summed E-state index contributed by atoms with van der Waals surface area (Å²) in [6.45, 7) is 3.31. The van der Waals surface area contributed by atoms with Crippen molar-refractivity contribution in [3.63, 3.8) is 0 Å². The second-order valence-corrected chi connectivity index (χ2v) is 2.17. The maximum atomic E-state index is 10.4. The van der Waals surface area contributed by atoms with Gasteiger partial charge in [0.15, 0.2) is 5.97 Å². The molecule has 0 fully saturated rings. The van der Waals surface area contributed by atoms with Gasteiger partial charge in [0.1, 0.15) is 0 Å². The van der Waals surface area contributed by atoms with Crippen molar-refractivity contribution in [1.29, 1.82) is 0 Å². The van der Waals surface area contributed by atoms with Crippen LogP contribution < -0.4 is 0 Å². The van der Waals surface area contributed by atoms with E-state index in [9.17, 15) is 4.79 Å². The monoisotopic (exact) mass is 216 g/mol. The molecule has 0 aromatic carbocycles. The van der Waals surface area contributed by atoms with Crippen LogP contribution >= 0.6 is 0 Å². The minimum absolute atomic E-state index is 0. The molecule has 0 aliphatic carbocycles. The minimum atomic E-state index is -0.817. The molecule has 1 rings (SSSR count). The Kier molecular flexibility index (Phi) is 3.53. The van der Waals surface area contributed by atoms with E-state index in [2.05, 4.69) is 10.8 Å². The summed E-state index contributed by atoms with van der Waals surface area (Å²) in [6, 6.07) is 0. The van der Waals surface area contributed by atoms with E-state index in [1.54, 1.807) is 13.8 Å². The maximum absolute atomic E-state index is 10.4. The summed E-state index contributed by atoms with van der Waals surface area (Å²) in [4.78, 5) is 10.4. The van der Waals surface area contributed by atoms with Crippen molar-refractivity contribution in [1.82, 2.24) is 0 Å². The van der Waals surface area contributed by atoms with Crippen LogP contribution in [0.15, 0.2) is 6.26 Å². The summed E-state index contributed by atoms with van der Waals surface area (Å²) < 4.78 is 9.53. The summed E-state index contributed by atoms with van der Waals surface area (Å²) in [5, 5.41) is 0. The molecule has 0 spiro atoms. The molecule has 0 bridgehead atoms. The predicted molar refractivity (Wildman–Crippen MR) is 29.1 cm³/mol. The summed E-state index contributed by atoms with van der Waals surface area (Å²) in [6.07, 6.45) is 3.44. The number of hydrogen-bond donors (Lipinski definition) is 0. The molecular weight excluding hydrogens is 209 g/mol. The average molecular weight is 216 g/mol. The van der Waals surface area contributed by atoms with Crippen LogP contribution in [-0.2, 0) is 47.0 Å². The van der Waals surface area contributed by atoms with Crippen molar-refractivity contribution < 1.29 is 47.0 Å². The molecule has 0 unspecified atom stereocenters. The second kappa shape index (κ2) is 3.49. The Balaban J connectivity index is 0.000000810. The van der Waals surface area contributed by atoms with E-state index in [-0.39, 0.29) is 32.7 Å². The van der Waals surface area contributed by atoms with Crippen LogP contribution in [0, 0.1) is 6.08 Å². The van der Waals surface area contributed by atoms with Crippen LogP contribution in [0.1, 0.15) is 13.8 Å². The third kappa shape index (κ3) is 2.80. The van der Waals surface area contributed by atoms with Gasteiger partial charge < -0.3 is 15.5 Å². The second-order valence-electron chi connectivity index (χ2n) is 2.17. The average Bonchev–Trinajstić information content (AvgIpc) is 1.60. The number of carbonyl (C=O) groups excluding carboxylic acids is 1. The van der Waals surface area contributed by atoms with Crippen molar-refractivity contribution in [3.05, 3.63) is 12.3 Å². The van der Waals surface area contributed by atoms with Gasteiger partial charge in [0.05, 0.1) is 0 Å². The molecule has 1 heterocycles. The Bertz CT molecular complexity index is 162. The van der Waals surface area contributed by atoms with E-state index in [0.717, 1.165) is 0 Å². The molecule has 0 amide bonds. The molecule has 1 aliphatic rings. The summed E-state index contributed by atoms with van der Waals surface area (Å²) in [7, 11) is 0. The Hall–Kier alpha value is 0.114. The molecule has 1 aliphatic heterocycles. The van der Waals surface area contributed by atoms with Gasteiger partial charge in [-0.2, -0.15) is 0 Å². The smallest absolute Gasteiger partial charge is 0.241 e. The Labute approximate surface area is 84.6 Å². The van der Waals surface area contributed by atoms with Crippen molar-refractivity contribution in [2.45, 2.75) is 19.6 Å². The Morgan fingerprint density at radius 2 is 2.20 bits per heavy atom. The summed E-state index contributed by atoms with van der Waals surface area (Å²) >= 11 is 0. The van der Waals surface area contributed by atoms with E-state index in [1.807, 2.05) is 0 Å². The van der Waals surface area contributed by atoms with E-state index < -0.39 is 11.8 Å². The molecule has 0 aromatic heterocycles. The molecular formula is C6H7O3Y-. The quantitative estimate of drug-likeness (QED) is 0.439. The molecule has 0 aromatic rings. The fraction of sp³-hybridized carbons (Fsp3) is 0.500. The zero-order chi connectivity index (χ0) is 6.91. The van der Waals surface area contributed by atoms with Crippen molar-refractivity contribution in [2.24, 2.45) is 0 Å². The van der Waals surface area contributed by atoms with Crippen molar-refractivity contribution in [2.75, 3.05) is 0 Å². The zero-order valence-electron chi connectivity index (χ0n) is 5.88. The number of rotatable bonds is 0. The van der Waals surface area contributed by atoms with E-state index >= 15 is 0 Å². The number of esters is 1. The summed E-state index contributed by atoms with van der Waals surface area (Å²) in [5.41, 5.74) is 0. The first-order valence-electron chi connectivity index (χ1n) is 2.59. The van der Waals surface area contributed by atoms with Crippen LogP contribution in [-0.4, -0.2) is 11.8 Å². The van der Waals surface area contributed by atoms with Crippen molar-refractivity contribution in [3.8, 4) is 0 Å². The number of hydrogen-bond acceptors (Lipinski definition) is 3. The van der Waals surface area contributed by atoms with E-state index in [4.69, 9.17) is 4.74 Å². The normalized spacial score (nSPS) is 20.4. The molecule has 1 radical (unpaired) electrons. The number of ether oxygens (including phenoxy) is 2. The first-order chi connectivity index (χ1) is 4.10. The van der Waals surface area contributed by atoms with E-state index in [1.165, 1.54) is 6.26 Å². The topological polar surface area (TPSA) is 35.5 Å². The van der Waals surface area contributed by atoms with Gasteiger partial charge in [-0.15, -0.1) is 0 Å². The first kappa shape index (κ1) is 10.1. The Morgan fingerprint density at radius 3 is 2.50 bits per heavy atom. The van der Waals surface area contributed by atoms with Gasteiger partial charge in [0, 0.05) is 46.6 Å². The SMILES string of the molecule is CC1(C)OC=[C-]C(=O)O1.[Y]. The van der Waals surface area contributed by atoms with Gasteiger partial charge in [-0.3, -0.25) is 4.79 Å². The Morgan fingerprint density at radius 1 is 1.60 bits per heavy atom. The van der Waals surface area contributed by atoms with Crippen LogP contribution in [0.4, 0.5) is 0 Å². The fourth-order valence-corrected chi connectivity index (χ4v) is 0.496. The van der Waals surface area contributed by atoms with Gasteiger partial charge in [-0.05, 0) is 0 Å². The van der Waals surface area contributed by atoms with Crippen LogP contribution in [0.5, 0.6) is 0 Å². The van der Waals surface area contributed by atoms with Gasteiger partial charge >= 0.3 is 0 Å². The first-order valence-corrected chi connectivity index (χ1v) is 2.59. The van der Waals surface area contributed by atoms with E-state index in [0.29, 0.717) is 0 Å². The van der Waals surface area contributed by atoms with Gasteiger partial charge in [-0.1, -0.05) is 6.26 Å². The molecule has 3 nitrogen and oxygen atoms in total. The maximum Gasteiger partial charge on any atom is 0.241 e. The number of carbonyl (C=O) groups is 1. The van der Waals surface area contributed by atoms with Crippen LogP contribution in [0.25, 0.3) is 0 Å². The predicted octanol–water partition coefficient (Wildman–Crippen LogP) is 0.610. The fourth-order valence-electron chi connectivity index (χ4n) is 0.496. The molecule has 0 saturated carbocycles. The van der Waals surface area contributed by atoms with Gasteiger partial charge in [0.25, 0.3) is 0 Å². The minimum Gasteiger partial charge on any atom is -0.497 e. The molecule has 53 valence electrons. The van der Waals surface area contributed by atoms with Gasteiger partial charge in [-0.25, -0.2) is 0 Å². The molecule has 0 saturated heterocycles. The zero-order valence-corrected chi connectivity index (χ0v) is 8.72. The standard InChI is InChI=1S/C6H7O3.Y/c1-6(2)8-4-3-5(7)9-6;/h4H,1-2H3;/q-1;. The molecule has 10 heavy (non-hydrogen) atoms. The van der Waals surface area contributed by atoms with Gasteiger partial charge in [0.2, 0.25) is 5.79 Å². The third-order valence-corrected chi connectivity index (χ3v) is 0.858.